The van der Waals surface area contributed by atoms with Crippen LogP contribution in [0.15, 0.2) is 65.6 Å². The average molecular weight is 543 g/mol. The molecule has 3 aromatic carbocycles. The van der Waals surface area contributed by atoms with Gasteiger partial charge in [0.25, 0.3) is 15.9 Å². The number of amides is 1. The van der Waals surface area contributed by atoms with E-state index in [1.165, 1.54) is 28.6 Å². The minimum atomic E-state index is -3.97. The van der Waals surface area contributed by atoms with Crippen LogP contribution in [0.25, 0.3) is 0 Å². The van der Waals surface area contributed by atoms with E-state index < -0.39 is 22.0 Å². The summed E-state index contributed by atoms with van der Waals surface area (Å²) in [5.74, 6) is 0.966. The molecule has 3 aromatic rings. The van der Waals surface area contributed by atoms with Gasteiger partial charge in [-0.3, -0.25) is 9.10 Å². The Kier molecular flexibility index (Phi) is 7.71. The number of carbonyl (C=O) groups is 1. The molecule has 7 nitrogen and oxygen atoms in total. The minimum Gasteiger partial charge on any atom is -0.496 e. The van der Waals surface area contributed by atoms with Gasteiger partial charge in [0.2, 0.25) is 0 Å². The first kappa shape index (κ1) is 26.8. The fourth-order valence-electron chi connectivity index (χ4n) is 4.49. The summed E-state index contributed by atoms with van der Waals surface area (Å²) in [5, 5.41) is 3.45. The molecule has 9 heteroatoms. The number of benzene rings is 3. The van der Waals surface area contributed by atoms with Crippen molar-refractivity contribution in [1.29, 1.82) is 0 Å². The van der Waals surface area contributed by atoms with E-state index in [9.17, 15) is 13.2 Å². The number of nitrogens with one attached hydrogen (secondary N) is 1. The third-order valence-corrected chi connectivity index (χ3v) is 8.54. The number of sulfonamides is 1. The van der Waals surface area contributed by atoms with Crippen LogP contribution >= 0.6 is 11.6 Å². The monoisotopic (exact) mass is 542 g/mol. The van der Waals surface area contributed by atoms with Gasteiger partial charge in [-0.25, -0.2) is 8.42 Å². The number of para-hydroxylation sites is 2. The van der Waals surface area contributed by atoms with Gasteiger partial charge in [-0.15, -0.1) is 0 Å². The highest BCUT2D eigenvalue weighted by Gasteiger charge is 2.38. The van der Waals surface area contributed by atoms with E-state index in [4.69, 9.17) is 21.1 Å². The number of methoxy groups -OCH3 is 1. The molecular formula is C28H31ClN2O5S. The largest absolute Gasteiger partial charge is 0.496 e. The normalized spacial score (nSPS) is 16.1. The SMILES string of the molecule is COc1cc(C)c([C@H](C)NC(=O)[C@H]2CN(S(=O)(=O)c3ccc(Cl)cc3)c3ccccc3O2)cc1C(C)C. The summed E-state index contributed by atoms with van der Waals surface area (Å²) in [7, 11) is -2.32. The number of nitrogens with zero attached hydrogens (tertiary/aromatic N) is 1. The van der Waals surface area contributed by atoms with Crippen LogP contribution < -0.4 is 19.1 Å². The first-order chi connectivity index (χ1) is 17.5. The van der Waals surface area contributed by atoms with E-state index in [1.54, 1.807) is 31.4 Å². The molecule has 0 unspecified atom stereocenters. The average Bonchev–Trinajstić information content (AvgIpc) is 2.87. The van der Waals surface area contributed by atoms with Gasteiger partial charge in [-0.2, -0.15) is 0 Å². The van der Waals surface area contributed by atoms with E-state index in [0.717, 1.165) is 22.4 Å². The topological polar surface area (TPSA) is 84.9 Å². The van der Waals surface area contributed by atoms with Crippen molar-refractivity contribution in [2.24, 2.45) is 0 Å². The molecule has 1 aliphatic rings. The number of halogens is 1. The van der Waals surface area contributed by atoms with Crippen molar-refractivity contribution >= 4 is 33.2 Å². The highest BCUT2D eigenvalue weighted by molar-refractivity contribution is 7.92. The molecule has 1 amide bonds. The van der Waals surface area contributed by atoms with Crippen LogP contribution in [0, 0.1) is 6.92 Å². The van der Waals surface area contributed by atoms with Crippen LogP contribution in [-0.2, 0) is 14.8 Å². The van der Waals surface area contributed by atoms with Crippen LogP contribution in [0.5, 0.6) is 11.5 Å². The Morgan fingerprint density at radius 1 is 1.08 bits per heavy atom. The lowest BCUT2D eigenvalue weighted by Gasteiger charge is -2.35. The zero-order chi connectivity index (χ0) is 26.9. The molecule has 0 saturated carbocycles. The number of anilines is 1. The zero-order valence-electron chi connectivity index (χ0n) is 21.5. The standard InChI is InChI=1S/C28H31ClN2O5S/c1-17(2)22-15-23(18(3)14-26(22)35-5)19(4)30-28(32)27-16-31(24-8-6-7-9-25(24)36-27)37(33,34)21-12-10-20(29)11-13-21/h6-15,17,19,27H,16H2,1-5H3,(H,30,32)/t19-,27+/m0/s1. The second-order valence-corrected chi connectivity index (χ2v) is 11.7. The maximum Gasteiger partial charge on any atom is 0.264 e. The summed E-state index contributed by atoms with van der Waals surface area (Å²) < 4.78 is 39.9. The van der Waals surface area contributed by atoms with E-state index in [1.807, 2.05) is 19.9 Å². The molecule has 4 rings (SSSR count). The number of ether oxygens (including phenoxy) is 2. The maximum atomic E-state index is 13.6. The van der Waals surface area contributed by atoms with Gasteiger partial charge in [0, 0.05) is 5.02 Å². The minimum absolute atomic E-state index is 0.0798. The van der Waals surface area contributed by atoms with Crippen molar-refractivity contribution in [3.8, 4) is 11.5 Å². The second kappa shape index (κ2) is 10.6. The molecule has 1 heterocycles. The number of carbonyl (C=O) groups excluding carboxylic acids is 1. The molecule has 0 aliphatic carbocycles. The van der Waals surface area contributed by atoms with Crippen LogP contribution in [0.3, 0.4) is 0 Å². The zero-order valence-corrected chi connectivity index (χ0v) is 23.1. The molecule has 196 valence electrons. The number of hydrogen-bond donors (Lipinski definition) is 1. The smallest absolute Gasteiger partial charge is 0.264 e. The molecule has 2 atom stereocenters. The fraction of sp³-hybridized carbons (Fsp3) is 0.321. The van der Waals surface area contributed by atoms with Crippen molar-refractivity contribution in [2.45, 2.75) is 50.7 Å². The lowest BCUT2D eigenvalue weighted by Crippen LogP contribution is -2.51. The van der Waals surface area contributed by atoms with Crippen LogP contribution in [-0.4, -0.2) is 34.1 Å². The van der Waals surface area contributed by atoms with Gasteiger partial charge in [0.15, 0.2) is 6.10 Å². The predicted molar refractivity (Wildman–Crippen MR) is 145 cm³/mol. The highest BCUT2D eigenvalue weighted by Crippen LogP contribution is 2.37. The Bertz CT molecular complexity index is 1410. The van der Waals surface area contributed by atoms with Gasteiger partial charge in [0.05, 0.1) is 30.3 Å². The summed E-state index contributed by atoms with van der Waals surface area (Å²) in [6.07, 6.45) is -1.04. The van der Waals surface area contributed by atoms with Gasteiger partial charge < -0.3 is 14.8 Å². The van der Waals surface area contributed by atoms with Crippen molar-refractivity contribution in [3.05, 3.63) is 82.4 Å². The molecule has 1 aliphatic heterocycles. The van der Waals surface area contributed by atoms with E-state index >= 15 is 0 Å². The van der Waals surface area contributed by atoms with Gasteiger partial charge >= 0.3 is 0 Å². The molecule has 0 saturated heterocycles. The maximum absolute atomic E-state index is 13.6. The molecule has 0 radical (unpaired) electrons. The number of hydrogen-bond acceptors (Lipinski definition) is 5. The molecule has 0 bridgehead atoms. The summed E-state index contributed by atoms with van der Waals surface area (Å²) >= 11 is 5.96. The van der Waals surface area contributed by atoms with E-state index in [-0.39, 0.29) is 23.4 Å². The molecule has 0 spiro atoms. The summed E-state index contributed by atoms with van der Waals surface area (Å²) in [6, 6.07) is 16.4. The molecule has 0 aromatic heterocycles. The van der Waals surface area contributed by atoms with Crippen LogP contribution in [0.4, 0.5) is 5.69 Å². The van der Waals surface area contributed by atoms with Crippen molar-refractivity contribution in [2.75, 3.05) is 18.0 Å². The summed E-state index contributed by atoms with van der Waals surface area (Å²) in [5.41, 5.74) is 3.37. The number of fused-ring (bicyclic) bond motifs is 1. The lowest BCUT2D eigenvalue weighted by molar-refractivity contribution is -0.128. The first-order valence-corrected chi connectivity index (χ1v) is 13.9. The summed E-state index contributed by atoms with van der Waals surface area (Å²) in [6.45, 7) is 7.88. The lowest BCUT2D eigenvalue weighted by atomic mass is 9.93. The Labute approximate surface area is 223 Å². The number of aryl methyl sites for hydroxylation is 1. The van der Waals surface area contributed by atoms with Crippen molar-refractivity contribution < 1.29 is 22.7 Å². The Hall–Kier alpha value is -3.23. The third kappa shape index (κ3) is 5.40. The third-order valence-electron chi connectivity index (χ3n) is 6.49. The molecular weight excluding hydrogens is 512 g/mol. The molecule has 1 N–H and O–H groups in total. The number of rotatable bonds is 7. The fourth-order valence-corrected chi connectivity index (χ4v) is 6.10. The predicted octanol–water partition coefficient (Wildman–Crippen LogP) is 5.61. The van der Waals surface area contributed by atoms with Gasteiger partial charge in [-0.05, 0) is 85.0 Å². The van der Waals surface area contributed by atoms with Crippen LogP contribution in [0.1, 0.15) is 49.4 Å². The Morgan fingerprint density at radius 3 is 2.41 bits per heavy atom. The highest BCUT2D eigenvalue weighted by atomic mass is 35.5. The Balaban J connectivity index is 1.62. The van der Waals surface area contributed by atoms with Gasteiger partial charge in [-0.1, -0.05) is 37.6 Å². The second-order valence-electron chi connectivity index (χ2n) is 9.40. The van der Waals surface area contributed by atoms with Crippen LogP contribution in [0.2, 0.25) is 5.02 Å². The first-order valence-electron chi connectivity index (χ1n) is 12.1. The van der Waals surface area contributed by atoms with E-state index in [0.29, 0.717) is 16.5 Å². The van der Waals surface area contributed by atoms with Gasteiger partial charge in [0.1, 0.15) is 11.5 Å². The van der Waals surface area contributed by atoms with Crippen molar-refractivity contribution in [1.82, 2.24) is 5.32 Å². The van der Waals surface area contributed by atoms with Crippen molar-refractivity contribution in [3.63, 3.8) is 0 Å². The summed E-state index contributed by atoms with van der Waals surface area (Å²) in [4.78, 5) is 13.5. The quantitative estimate of drug-likeness (QED) is 0.419. The van der Waals surface area contributed by atoms with E-state index in [2.05, 4.69) is 25.2 Å². The molecule has 0 fully saturated rings. The Morgan fingerprint density at radius 2 is 1.76 bits per heavy atom. The molecule has 37 heavy (non-hydrogen) atoms.